The molecule has 0 saturated heterocycles. The van der Waals surface area contributed by atoms with Crippen LogP contribution in [0.5, 0.6) is 5.75 Å². The minimum Gasteiger partial charge on any atom is -0.497 e. The Morgan fingerprint density at radius 2 is 2.04 bits per heavy atom. The number of halogens is 1. The lowest BCUT2D eigenvalue weighted by molar-refractivity contribution is -0.122. The van der Waals surface area contributed by atoms with Crippen LogP contribution in [0, 0.1) is 0 Å². The molecule has 128 valence electrons. The maximum absolute atomic E-state index is 12.0. The van der Waals surface area contributed by atoms with Gasteiger partial charge in [0.05, 0.1) is 7.11 Å². The fraction of sp³-hybridized carbons (Fsp3) is 0.176. The summed E-state index contributed by atoms with van der Waals surface area (Å²) >= 11 is 5.86. The monoisotopic (exact) mass is 357 g/mol. The Morgan fingerprint density at radius 3 is 2.80 bits per heavy atom. The van der Waals surface area contributed by atoms with Crippen molar-refractivity contribution in [3.8, 4) is 17.1 Å². The molecular weight excluding hydrogens is 342 g/mol. The van der Waals surface area contributed by atoms with Gasteiger partial charge in [-0.3, -0.25) is 4.79 Å². The van der Waals surface area contributed by atoms with E-state index in [1.807, 2.05) is 24.3 Å². The standard InChI is InChI=1S/C17H16ClN5O2/c1-25-15-4-2-3-12(9-15)10-19-16(24)11-23-21-17(20-22-23)13-5-7-14(18)8-6-13/h2-9H,10-11H2,1H3,(H,19,24). The number of rotatable bonds is 6. The first-order valence-corrected chi connectivity index (χ1v) is 7.95. The maximum Gasteiger partial charge on any atom is 0.243 e. The van der Waals surface area contributed by atoms with Crippen molar-refractivity contribution < 1.29 is 9.53 Å². The molecule has 1 heterocycles. The lowest BCUT2D eigenvalue weighted by Gasteiger charge is -2.06. The highest BCUT2D eigenvalue weighted by Crippen LogP contribution is 2.17. The number of hydrogen-bond donors (Lipinski definition) is 1. The molecule has 0 aliphatic rings. The molecule has 2 aromatic carbocycles. The van der Waals surface area contributed by atoms with Crippen LogP contribution in [0.15, 0.2) is 48.5 Å². The fourth-order valence-corrected chi connectivity index (χ4v) is 2.32. The van der Waals surface area contributed by atoms with Crippen LogP contribution in [0.1, 0.15) is 5.56 Å². The van der Waals surface area contributed by atoms with Gasteiger partial charge in [0.25, 0.3) is 0 Å². The Bertz CT molecular complexity index is 863. The zero-order chi connectivity index (χ0) is 17.6. The molecule has 0 aliphatic carbocycles. The van der Waals surface area contributed by atoms with Crippen LogP contribution in [-0.4, -0.2) is 33.2 Å². The Hall–Kier alpha value is -2.93. The first kappa shape index (κ1) is 16.9. The SMILES string of the molecule is COc1cccc(CNC(=O)Cn2nnc(-c3ccc(Cl)cc3)n2)c1. The molecule has 1 amide bonds. The van der Waals surface area contributed by atoms with E-state index >= 15 is 0 Å². The molecule has 0 radical (unpaired) electrons. The minimum atomic E-state index is -0.206. The molecule has 3 rings (SSSR count). The summed E-state index contributed by atoms with van der Waals surface area (Å²) in [4.78, 5) is 13.3. The lowest BCUT2D eigenvalue weighted by atomic mass is 10.2. The van der Waals surface area contributed by atoms with Crippen molar-refractivity contribution in [1.82, 2.24) is 25.5 Å². The van der Waals surface area contributed by atoms with Gasteiger partial charge in [0.1, 0.15) is 12.3 Å². The topological polar surface area (TPSA) is 81.9 Å². The van der Waals surface area contributed by atoms with Gasteiger partial charge in [-0.05, 0) is 47.2 Å². The van der Waals surface area contributed by atoms with Crippen LogP contribution >= 0.6 is 11.6 Å². The molecule has 0 unspecified atom stereocenters. The third-order valence-electron chi connectivity index (χ3n) is 3.46. The van der Waals surface area contributed by atoms with Crippen LogP contribution in [0.3, 0.4) is 0 Å². The van der Waals surface area contributed by atoms with Crippen LogP contribution in [0.2, 0.25) is 5.02 Å². The van der Waals surface area contributed by atoms with Gasteiger partial charge >= 0.3 is 0 Å². The Kier molecular flexibility index (Phi) is 5.25. The molecule has 7 nitrogen and oxygen atoms in total. The molecular formula is C17H16ClN5O2. The number of nitrogens with zero attached hydrogens (tertiary/aromatic N) is 4. The summed E-state index contributed by atoms with van der Waals surface area (Å²) in [6, 6.07) is 14.6. The van der Waals surface area contributed by atoms with Crippen LogP contribution < -0.4 is 10.1 Å². The molecule has 0 fully saturated rings. The molecule has 0 spiro atoms. The van der Waals surface area contributed by atoms with E-state index in [2.05, 4.69) is 20.7 Å². The van der Waals surface area contributed by atoms with E-state index < -0.39 is 0 Å². The van der Waals surface area contributed by atoms with Crippen molar-refractivity contribution in [2.75, 3.05) is 7.11 Å². The minimum absolute atomic E-state index is 0.00937. The summed E-state index contributed by atoms with van der Waals surface area (Å²) in [5.41, 5.74) is 1.73. The van der Waals surface area contributed by atoms with Crippen LogP contribution in [-0.2, 0) is 17.9 Å². The number of aromatic nitrogens is 4. The average molecular weight is 358 g/mol. The number of nitrogens with one attached hydrogen (secondary N) is 1. The van der Waals surface area contributed by atoms with Crippen LogP contribution in [0.25, 0.3) is 11.4 Å². The summed E-state index contributed by atoms with van der Waals surface area (Å²) in [5, 5.41) is 15.5. The van der Waals surface area contributed by atoms with Gasteiger partial charge in [-0.25, -0.2) is 0 Å². The van der Waals surface area contributed by atoms with Gasteiger partial charge in [0, 0.05) is 17.1 Å². The molecule has 25 heavy (non-hydrogen) atoms. The van der Waals surface area contributed by atoms with Crippen molar-refractivity contribution in [1.29, 1.82) is 0 Å². The number of hydrogen-bond acceptors (Lipinski definition) is 5. The van der Waals surface area contributed by atoms with Crippen LogP contribution in [0.4, 0.5) is 0 Å². The van der Waals surface area contributed by atoms with E-state index in [1.54, 1.807) is 31.4 Å². The van der Waals surface area contributed by atoms with Gasteiger partial charge in [-0.2, -0.15) is 4.80 Å². The van der Waals surface area contributed by atoms with Crippen molar-refractivity contribution in [3.05, 3.63) is 59.1 Å². The summed E-state index contributed by atoms with van der Waals surface area (Å²) < 4.78 is 5.16. The van der Waals surface area contributed by atoms with Crippen molar-refractivity contribution in [2.45, 2.75) is 13.1 Å². The largest absolute Gasteiger partial charge is 0.497 e. The normalized spacial score (nSPS) is 10.5. The molecule has 8 heteroatoms. The third-order valence-corrected chi connectivity index (χ3v) is 3.72. The Labute approximate surface area is 149 Å². The summed E-state index contributed by atoms with van der Waals surface area (Å²) in [6.45, 7) is 0.388. The highest BCUT2D eigenvalue weighted by Gasteiger charge is 2.09. The van der Waals surface area contributed by atoms with E-state index in [0.29, 0.717) is 17.4 Å². The number of carbonyl (C=O) groups excluding carboxylic acids is 1. The molecule has 3 aromatic rings. The van der Waals surface area contributed by atoms with Gasteiger partial charge in [0.2, 0.25) is 11.7 Å². The van der Waals surface area contributed by atoms with Crippen molar-refractivity contribution in [3.63, 3.8) is 0 Å². The lowest BCUT2D eigenvalue weighted by Crippen LogP contribution is -2.28. The second-order valence-corrected chi connectivity index (χ2v) is 5.72. The molecule has 0 bridgehead atoms. The summed E-state index contributed by atoms with van der Waals surface area (Å²) in [6.07, 6.45) is 0. The van der Waals surface area contributed by atoms with Gasteiger partial charge in [-0.15, -0.1) is 10.2 Å². The average Bonchev–Trinajstić information content (AvgIpc) is 3.09. The summed E-state index contributed by atoms with van der Waals surface area (Å²) in [5.74, 6) is 0.984. The number of carbonyl (C=O) groups is 1. The van der Waals surface area contributed by atoms with Gasteiger partial charge in [-0.1, -0.05) is 23.7 Å². The van der Waals surface area contributed by atoms with Gasteiger partial charge < -0.3 is 10.1 Å². The van der Waals surface area contributed by atoms with E-state index in [4.69, 9.17) is 16.3 Å². The fourth-order valence-electron chi connectivity index (χ4n) is 2.19. The van der Waals surface area contributed by atoms with Crippen molar-refractivity contribution in [2.24, 2.45) is 0 Å². The van der Waals surface area contributed by atoms with E-state index in [-0.39, 0.29) is 12.5 Å². The number of amides is 1. The molecule has 0 saturated carbocycles. The van der Waals surface area contributed by atoms with E-state index in [0.717, 1.165) is 16.9 Å². The quantitative estimate of drug-likeness (QED) is 0.732. The predicted octanol–water partition coefficient (Wildman–Crippen LogP) is 2.32. The van der Waals surface area contributed by atoms with Gasteiger partial charge in [0.15, 0.2) is 0 Å². The molecule has 0 aliphatic heterocycles. The molecule has 1 aromatic heterocycles. The third kappa shape index (κ3) is 4.54. The number of methoxy groups -OCH3 is 1. The highest BCUT2D eigenvalue weighted by molar-refractivity contribution is 6.30. The number of ether oxygens (including phenoxy) is 1. The molecule has 0 atom stereocenters. The maximum atomic E-state index is 12.0. The zero-order valence-electron chi connectivity index (χ0n) is 13.5. The van der Waals surface area contributed by atoms with Crippen molar-refractivity contribution >= 4 is 17.5 Å². The zero-order valence-corrected chi connectivity index (χ0v) is 14.3. The first-order chi connectivity index (χ1) is 12.1. The second-order valence-electron chi connectivity index (χ2n) is 5.28. The first-order valence-electron chi connectivity index (χ1n) is 7.57. The van der Waals surface area contributed by atoms with E-state index in [9.17, 15) is 4.79 Å². The predicted molar refractivity (Wildman–Crippen MR) is 93.1 cm³/mol. The highest BCUT2D eigenvalue weighted by atomic mass is 35.5. The Balaban J connectivity index is 1.57. The number of tetrazole rings is 1. The number of benzene rings is 2. The summed E-state index contributed by atoms with van der Waals surface area (Å²) in [7, 11) is 1.60. The molecule has 1 N–H and O–H groups in total. The van der Waals surface area contributed by atoms with E-state index in [1.165, 1.54) is 4.80 Å². The smallest absolute Gasteiger partial charge is 0.243 e. The second kappa shape index (κ2) is 7.76. The Morgan fingerprint density at radius 1 is 1.24 bits per heavy atom.